The minimum Gasteiger partial charge on any atom is -0.495 e. The Balaban J connectivity index is 2.96. The van der Waals surface area contributed by atoms with Crippen molar-refractivity contribution in [3.8, 4) is 5.75 Å². The van der Waals surface area contributed by atoms with Gasteiger partial charge in [-0.15, -0.1) is 0 Å². The third-order valence-corrected chi connectivity index (χ3v) is 3.19. The van der Waals surface area contributed by atoms with E-state index in [9.17, 15) is 5.11 Å². The third-order valence-electron chi connectivity index (χ3n) is 3.19. The average Bonchev–Trinajstić information content (AvgIpc) is 2.27. The van der Waals surface area contributed by atoms with Gasteiger partial charge < -0.3 is 20.1 Å². The van der Waals surface area contributed by atoms with E-state index >= 15 is 0 Å². The molecule has 0 aromatic heterocycles. The zero-order valence-corrected chi connectivity index (χ0v) is 12.8. The highest BCUT2D eigenvalue weighted by molar-refractivity contribution is 5.58. The molecule has 2 N–H and O–H groups in total. The van der Waals surface area contributed by atoms with Gasteiger partial charge in [-0.3, -0.25) is 0 Å². The molecule has 0 amide bonds. The molecule has 0 fully saturated rings. The molecule has 0 radical (unpaired) electrons. The molecular weight excluding hydrogens is 240 g/mol. The summed E-state index contributed by atoms with van der Waals surface area (Å²) >= 11 is 0. The first-order valence-electron chi connectivity index (χ1n) is 6.54. The number of hydrogen-bond donors (Lipinski definition) is 2. The van der Waals surface area contributed by atoms with E-state index in [2.05, 4.69) is 22.3 Å². The van der Waals surface area contributed by atoms with Gasteiger partial charge in [-0.25, -0.2) is 0 Å². The Morgan fingerprint density at radius 1 is 1.37 bits per heavy atom. The van der Waals surface area contributed by atoms with Gasteiger partial charge in [0.05, 0.1) is 24.4 Å². The molecule has 1 rings (SSSR count). The van der Waals surface area contributed by atoms with E-state index in [1.807, 2.05) is 27.1 Å². The Morgan fingerprint density at radius 3 is 2.47 bits per heavy atom. The molecule has 0 heterocycles. The lowest BCUT2D eigenvalue weighted by Crippen LogP contribution is -2.39. The van der Waals surface area contributed by atoms with Crippen LogP contribution in [0.4, 0.5) is 5.69 Å². The van der Waals surface area contributed by atoms with E-state index in [1.54, 1.807) is 21.0 Å². The van der Waals surface area contributed by atoms with Gasteiger partial charge in [0.1, 0.15) is 5.75 Å². The van der Waals surface area contributed by atoms with Gasteiger partial charge in [-0.1, -0.05) is 6.07 Å². The lowest BCUT2D eigenvalue weighted by molar-refractivity contribution is 0.0648. The van der Waals surface area contributed by atoms with Gasteiger partial charge in [0.2, 0.25) is 0 Å². The van der Waals surface area contributed by atoms with Crippen molar-refractivity contribution < 1.29 is 9.84 Å². The lowest BCUT2D eigenvalue weighted by Gasteiger charge is -2.28. The summed E-state index contributed by atoms with van der Waals surface area (Å²) in [5.41, 5.74) is 1.33. The van der Waals surface area contributed by atoms with Crippen LogP contribution in [0.5, 0.6) is 5.75 Å². The smallest absolute Gasteiger partial charge is 0.141 e. The van der Waals surface area contributed by atoms with Gasteiger partial charge in [0.25, 0.3) is 0 Å². The fraction of sp³-hybridized carbons (Fsp3) is 0.600. The second-order valence-electron chi connectivity index (χ2n) is 5.79. The van der Waals surface area contributed by atoms with E-state index in [0.717, 1.165) is 18.0 Å². The Kier molecular flexibility index (Phi) is 5.20. The minimum atomic E-state index is -0.789. The summed E-state index contributed by atoms with van der Waals surface area (Å²) in [5, 5.41) is 13.3. The van der Waals surface area contributed by atoms with Crippen LogP contribution in [0.2, 0.25) is 0 Å². The number of hydrogen-bond acceptors (Lipinski definition) is 4. The van der Waals surface area contributed by atoms with Crippen molar-refractivity contribution in [1.82, 2.24) is 4.90 Å². The maximum absolute atomic E-state index is 10.0. The maximum Gasteiger partial charge on any atom is 0.141 e. The second-order valence-corrected chi connectivity index (χ2v) is 5.79. The van der Waals surface area contributed by atoms with Crippen molar-refractivity contribution in [2.24, 2.45) is 0 Å². The van der Waals surface area contributed by atoms with Gasteiger partial charge in [0.15, 0.2) is 0 Å². The molecular formula is C15H26N2O2. The SMILES string of the molecule is COc1ccc(CN(C)C)cc1NC(C)C(C)(C)O. The first-order valence-corrected chi connectivity index (χ1v) is 6.54. The Hall–Kier alpha value is -1.26. The van der Waals surface area contributed by atoms with Crippen molar-refractivity contribution in [2.75, 3.05) is 26.5 Å². The van der Waals surface area contributed by atoms with Crippen molar-refractivity contribution in [2.45, 2.75) is 39.0 Å². The van der Waals surface area contributed by atoms with Crippen LogP contribution in [-0.2, 0) is 6.54 Å². The largest absolute Gasteiger partial charge is 0.495 e. The molecule has 0 saturated carbocycles. The molecule has 1 unspecified atom stereocenters. The van der Waals surface area contributed by atoms with E-state index in [4.69, 9.17) is 4.74 Å². The van der Waals surface area contributed by atoms with Crippen LogP contribution in [0.15, 0.2) is 18.2 Å². The number of nitrogens with zero attached hydrogens (tertiary/aromatic N) is 1. The predicted molar refractivity (Wildman–Crippen MR) is 79.8 cm³/mol. The predicted octanol–water partition coefficient (Wildman–Crippen LogP) is 2.33. The maximum atomic E-state index is 10.0. The molecule has 1 aromatic rings. The monoisotopic (exact) mass is 266 g/mol. The molecule has 4 heteroatoms. The first kappa shape index (κ1) is 15.8. The van der Waals surface area contributed by atoms with Gasteiger partial charge in [-0.05, 0) is 52.6 Å². The number of anilines is 1. The molecule has 19 heavy (non-hydrogen) atoms. The highest BCUT2D eigenvalue weighted by Crippen LogP contribution is 2.28. The molecule has 0 saturated heterocycles. The number of benzene rings is 1. The number of aliphatic hydroxyl groups is 1. The van der Waals surface area contributed by atoms with Crippen LogP contribution < -0.4 is 10.1 Å². The summed E-state index contributed by atoms with van der Waals surface area (Å²) in [6.45, 7) is 6.41. The summed E-state index contributed by atoms with van der Waals surface area (Å²) in [4.78, 5) is 2.12. The van der Waals surface area contributed by atoms with Crippen LogP contribution in [0.1, 0.15) is 26.3 Å². The fourth-order valence-electron chi connectivity index (χ4n) is 1.74. The quantitative estimate of drug-likeness (QED) is 0.829. The van der Waals surface area contributed by atoms with Crippen LogP contribution in [0.25, 0.3) is 0 Å². The van der Waals surface area contributed by atoms with Crippen molar-refractivity contribution in [1.29, 1.82) is 0 Å². The number of nitrogens with one attached hydrogen (secondary N) is 1. The van der Waals surface area contributed by atoms with E-state index in [-0.39, 0.29) is 6.04 Å². The standard InChI is InChI=1S/C15H26N2O2/c1-11(15(2,3)18)16-13-9-12(10-17(4)5)7-8-14(13)19-6/h7-9,11,16,18H,10H2,1-6H3. The Morgan fingerprint density at radius 2 is 2.00 bits per heavy atom. The van der Waals surface area contributed by atoms with Crippen molar-refractivity contribution in [3.05, 3.63) is 23.8 Å². The summed E-state index contributed by atoms with van der Waals surface area (Å²) in [7, 11) is 5.73. The van der Waals surface area contributed by atoms with Crippen LogP contribution in [0.3, 0.4) is 0 Å². The molecule has 4 nitrogen and oxygen atoms in total. The van der Waals surface area contributed by atoms with Crippen molar-refractivity contribution >= 4 is 5.69 Å². The Labute approximate surface area is 116 Å². The average molecular weight is 266 g/mol. The van der Waals surface area contributed by atoms with Gasteiger partial charge in [-0.2, -0.15) is 0 Å². The number of ether oxygens (including phenoxy) is 1. The topological polar surface area (TPSA) is 44.7 Å². The second kappa shape index (κ2) is 6.26. The first-order chi connectivity index (χ1) is 8.74. The lowest BCUT2D eigenvalue weighted by atomic mass is 10.0. The summed E-state index contributed by atoms with van der Waals surface area (Å²) in [5.74, 6) is 0.790. The zero-order chi connectivity index (χ0) is 14.6. The Bertz CT molecular complexity index is 411. The highest BCUT2D eigenvalue weighted by Gasteiger charge is 2.23. The highest BCUT2D eigenvalue weighted by atomic mass is 16.5. The molecule has 0 spiro atoms. The van der Waals surface area contributed by atoms with Crippen molar-refractivity contribution in [3.63, 3.8) is 0 Å². The normalized spacial score (nSPS) is 13.5. The van der Waals surface area contributed by atoms with Crippen LogP contribution >= 0.6 is 0 Å². The van der Waals surface area contributed by atoms with Crippen LogP contribution in [-0.4, -0.2) is 42.9 Å². The number of methoxy groups -OCH3 is 1. The zero-order valence-electron chi connectivity index (χ0n) is 12.8. The van der Waals surface area contributed by atoms with Crippen LogP contribution in [0, 0.1) is 0 Å². The van der Waals surface area contributed by atoms with E-state index in [0.29, 0.717) is 0 Å². The summed E-state index contributed by atoms with van der Waals surface area (Å²) < 4.78 is 5.36. The molecule has 0 aliphatic heterocycles. The third kappa shape index (κ3) is 4.73. The molecule has 0 aliphatic carbocycles. The number of rotatable bonds is 6. The minimum absolute atomic E-state index is 0.0731. The molecule has 1 aromatic carbocycles. The molecule has 1 atom stereocenters. The van der Waals surface area contributed by atoms with E-state index < -0.39 is 5.60 Å². The van der Waals surface area contributed by atoms with Gasteiger partial charge >= 0.3 is 0 Å². The summed E-state index contributed by atoms with van der Waals surface area (Å²) in [6, 6.07) is 6.01. The fourth-order valence-corrected chi connectivity index (χ4v) is 1.74. The molecule has 108 valence electrons. The van der Waals surface area contributed by atoms with E-state index in [1.165, 1.54) is 5.56 Å². The van der Waals surface area contributed by atoms with Gasteiger partial charge in [0, 0.05) is 6.54 Å². The summed E-state index contributed by atoms with van der Waals surface area (Å²) in [6.07, 6.45) is 0. The molecule has 0 aliphatic rings. The molecule has 0 bridgehead atoms.